The number of anilines is 1. The summed E-state index contributed by atoms with van der Waals surface area (Å²) >= 11 is 5.70. The molecule has 31 heavy (non-hydrogen) atoms. The number of halogens is 5. The lowest BCUT2D eigenvalue weighted by Gasteiger charge is -2.19. The van der Waals surface area contributed by atoms with Gasteiger partial charge in [-0.25, -0.2) is 4.39 Å². The predicted molar refractivity (Wildman–Crippen MR) is 108 cm³/mol. The van der Waals surface area contributed by atoms with Crippen molar-refractivity contribution in [3.05, 3.63) is 101 Å². The molecule has 0 saturated heterocycles. The molecular formula is C22H14ClF4N3O. The van der Waals surface area contributed by atoms with Crippen LogP contribution in [-0.4, -0.2) is 10.2 Å². The van der Waals surface area contributed by atoms with Crippen molar-refractivity contribution >= 4 is 17.3 Å². The van der Waals surface area contributed by atoms with E-state index in [4.69, 9.17) is 16.0 Å². The maximum atomic E-state index is 14.6. The fourth-order valence-electron chi connectivity index (χ4n) is 3.03. The van der Waals surface area contributed by atoms with Crippen LogP contribution in [-0.2, 0) is 6.18 Å². The quantitative estimate of drug-likeness (QED) is 0.344. The van der Waals surface area contributed by atoms with Gasteiger partial charge in [0, 0.05) is 16.8 Å². The van der Waals surface area contributed by atoms with Gasteiger partial charge in [0.05, 0.1) is 10.6 Å². The van der Waals surface area contributed by atoms with Gasteiger partial charge in [0.2, 0.25) is 11.8 Å². The number of alkyl halides is 3. The molecule has 1 N–H and O–H groups in total. The van der Waals surface area contributed by atoms with Crippen LogP contribution in [0.2, 0.25) is 5.02 Å². The Kier molecular flexibility index (Phi) is 5.65. The lowest BCUT2D eigenvalue weighted by Crippen LogP contribution is -2.15. The summed E-state index contributed by atoms with van der Waals surface area (Å²) in [4.78, 5) is 0. The van der Waals surface area contributed by atoms with Crippen molar-refractivity contribution in [1.29, 1.82) is 0 Å². The minimum absolute atomic E-state index is 0.00698. The van der Waals surface area contributed by atoms with Crippen LogP contribution in [0, 0.1) is 5.82 Å². The highest BCUT2D eigenvalue weighted by Crippen LogP contribution is 2.37. The molecule has 4 aromatic rings. The minimum atomic E-state index is -4.65. The molecule has 4 nitrogen and oxygen atoms in total. The molecule has 1 unspecified atom stereocenters. The highest BCUT2D eigenvalue weighted by atomic mass is 35.5. The Hall–Kier alpha value is -3.39. The number of hydrogen-bond acceptors (Lipinski definition) is 4. The van der Waals surface area contributed by atoms with Crippen LogP contribution in [0.15, 0.2) is 77.2 Å². The number of hydrogen-bond donors (Lipinski definition) is 1. The Morgan fingerprint density at radius 2 is 1.61 bits per heavy atom. The van der Waals surface area contributed by atoms with Gasteiger partial charge in [0.1, 0.15) is 11.9 Å². The molecule has 0 aliphatic rings. The topological polar surface area (TPSA) is 51.0 Å². The van der Waals surface area contributed by atoms with Crippen molar-refractivity contribution in [3.8, 4) is 11.5 Å². The fourth-order valence-corrected chi connectivity index (χ4v) is 3.25. The molecule has 1 aromatic heterocycles. The van der Waals surface area contributed by atoms with Gasteiger partial charge >= 0.3 is 6.18 Å². The highest BCUT2D eigenvalue weighted by molar-refractivity contribution is 6.31. The van der Waals surface area contributed by atoms with Gasteiger partial charge in [-0.3, -0.25) is 0 Å². The fraction of sp³-hybridized carbons (Fsp3) is 0.0909. The Balaban J connectivity index is 1.75. The smallest absolute Gasteiger partial charge is 0.417 e. The molecule has 158 valence electrons. The average Bonchev–Trinajstić information content (AvgIpc) is 3.24. The summed E-state index contributed by atoms with van der Waals surface area (Å²) in [6.45, 7) is 0. The molecule has 9 heteroatoms. The van der Waals surface area contributed by atoms with Gasteiger partial charge in [0.15, 0.2) is 0 Å². The first-order chi connectivity index (χ1) is 14.8. The second kappa shape index (κ2) is 8.39. The Morgan fingerprint density at radius 3 is 2.32 bits per heavy atom. The third-order valence-electron chi connectivity index (χ3n) is 4.51. The molecule has 0 amide bonds. The number of rotatable bonds is 5. The van der Waals surface area contributed by atoms with Crippen LogP contribution in [0.4, 0.5) is 23.2 Å². The van der Waals surface area contributed by atoms with E-state index < -0.39 is 28.6 Å². The third kappa shape index (κ3) is 4.54. The van der Waals surface area contributed by atoms with Gasteiger partial charge < -0.3 is 9.73 Å². The van der Waals surface area contributed by atoms with E-state index in [1.54, 1.807) is 30.3 Å². The number of benzene rings is 3. The van der Waals surface area contributed by atoms with E-state index in [1.165, 1.54) is 24.3 Å². The van der Waals surface area contributed by atoms with Gasteiger partial charge in [-0.05, 0) is 36.4 Å². The van der Waals surface area contributed by atoms with E-state index in [9.17, 15) is 17.6 Å². The summed E-state index contributed by atoms with van der Waals surface area (Å²) in [7, 11) is 0. The Labute approximate surface area is 179 Å². The van der Waals surface area contributed by atoms with E-state index >= 15 is 0 Å². The van der Waals surface area contributed by atoms with Crippen molar-refractivity contribution < 1.29 is 22.0 Å². The summed E-state index contributed by atoms with van der Waals surface area (Å²) in [5.74, 6) is -0.386. The van der Waals surface area contributed by atoms with Crippen LogP contribution in [0.5, 0.6) is 0 Å². The van der Waals surface area contributed by atoms with Crippen LogP contribution in [0.1, 0.15) is 23.1 Å². The first kappa shape index (κ1) is 20.9. The Morgan fingerprint density at radius 1 is 0.903 bits per heavy atom. The van der Waals surface area contributed by atoms with Crippen molar-refractivity contribution in [1.82, 2.24) is 10.2 Å². The van der Waals surface area contributed by atoms with Crippen LogP contribution in [0.25, 0.3) is 11.5 Å². The molecule has 3 aromatic carbocycles. The molecular weight excluding hydrogens is 434 g/mol. The Bertz CT molecular complexity index is 1190. The van der Waals surface area contributed by atoms with Crippen molar-refractivity contribution in [2.45, 2.75) is 12.2 Å². The second-order valence-electron chi connectivity index (χ2n) is 6.60. The number of nitrogens with one attached hydrogen (secondary N) is 1. The standard InChI is InChI=1S/C22H14ClF4N3O/c23-17-11-10-14(12-16(17)22(25,26)27)28-19(15-8-4-5-9-18(15)24)21-30-29-20(31-21)13-6-2-1-3-7-13/h1-12,19,28H. The number of nitrogens with zero attached hydrogens (tertiary/aromatic N) is 2. The van der Waals surface area contributed by atoms with Crippen molar-refractivity contribution in [3.63, 3.8) is 0 Å². The zero-order valence-electron chi connectivity index (χ0n) is 15.7. The second-order valence-corrected chi connectivity index (χ2v) is 7.01. The molecule has 4 rings (SSSR count). The third-order valence-corrected chi connectivity index (χ3v) is 4.84. The highest BCUT2D eigenvalue weighted by Gasteiger charge is 2.34. The summed E-state index contributed by atoms with van der Waals surface area (Å²) in [6, 6.07) is 17.1. The summed E-state index contributed by atoms with van der Waals surface area (Å²) in [5, 5.41) is 10.4. The van der Waals surface area contributed by atoms with Crippen molar-refractivity contribution in [2.75, 3.05) is 5.32 Å². The number of aromatic nitrogens is 2. The first-order valence-corrected chi connectivity index (χ1v) is 9.47. The molecule has 0 radical (unpaired) electrons. The van der Waals surface area contributed by atoms with Crippen LogP contribution in [0.3, 0.4) is 0 Å². The van der Waals surface area contributed by atoms with Gasteiger partial charge in [-0.2, -0.15) is 13.2 Å². The lowest BCUT2D eigenvalue weighted by atomic mass is 10.1. The van der Waals surface area contributed by atoms with Gasteiger partial charge in [-0.1, -0.05) is 48.0 Å². The normalized spacial score (nSPS) is 12.5. The van der Waals surface area contributed by atoms with E-state index in [1.807, 2.05) is 6.07 Å². The summed E-state index contributed by atoms with van der Waals surface area (Å²) < 4.78 is 60.1. The zero-order chi connectivity index (χ0) is 22.0. The van der Waals surface area contributed by atoms with E-state index in [0.717, 1.165) is 12.1 Å². The maximum Gasteiger partial charge on any atom is 0.417 e. The largest absolute Gasteiger partial charge is 0.418 e. The molecule has 0 aliphatic heterocycles. The summed E-state index contributed by atoms with van der Waals surface area (Å²) in [5.41, 5.74) is -0.167. The van der Waals surface area contributed by atoms with Crippen LogP contribution < -0.4 is 5.32 Å². The molecule has 1 atom stereocenters. The molecule has 0 spiro atoms. The monoisotopic (exact) mass is 447 g/mol. The maximum absolute atomic E-state index is 14.6. The zero-order valence-corrected chi connectivity index (χ0v) is 16.5. The molecule has 1 heterocycles. The van der Waals surface area contributed by atoms with Crippen molar-refractivity contribution in [2.24, 2.45) is 0 Å². The lowest BCUT2D eigenvalue weighted by molar-refractivity contribution is -0.137. The average molecular weight is 448 g/mol. The van der Waals surface area contributed by atoms with E-state index in [2.05, 4.69) is 15.5 Å². The summed E-state index contributed by atoms with van der Waals surface area (Å²) in [6.07, 6.45) is -4.65. The molecule has 0 aliphatic carbocycles. The van der Waals surface area contributed by atoms with E-state index in [-0.39, 0.29) is 23.0 Å². The predicted octanol–water partition coefficient (Wildman–Crippen LogP) is 6.75. The van der Waals surface area contributed by atoms with Gasteiger partial charge in [-0.15, -0.1) is 10.2 Å². The minimum Gasteiger partial charge on any atom is -0.418 e. The molecule has 0 saturated carbocycles. The SMILES string of the molecule is Fc1ccccc1C(Nc1ccc(Cl)c(C(F)(F)F)c1)c1nnc(-c2ccccc2)o1. The molecule has 0 fully saturated rings. The van der Waals surface area contributed by atoms with Gasteiger partial charge in [0.25, 0.3) is 0 Å². The first-order valence-electron chi connectivity index (χ1n) is 9.09. The van der Waals surface area contributed by atoms with E-state index in [0.29, 0.717) is 5.56 Å². The van der Waals surface area contributed by atoms with Crippen LogP contribution >= 0.6 is 11.6 Å². The molecule has 0 bridgehead atoms.